The van der Waals surface area contributed by atoms with Gasteiger partial charge in [0.25, 0.3) is 5.56 Å². The number of H-pyrrole nitrogens is 1. The maximum absolute atomic E-state index is 14.0. The lowest BCUT2D eigenvalue weighted by atomic mass is 9.83. The molecule has 2 aliphatic heterocycles. The van der Waals surface area contributed by atoms with E-state index in [0.717, 1.165) is 50.5 Å². The van der Waals surface area contributed by atoms with E-state index in [4.69, 9.17) is 14.2 Å². The molecule has 0 spiro atoms. The molecule has 3 aliphatic rings. The van der Waals surface area contributed by atoms with Crippen LogP contribution >= 0.6 is 0 Å². The Kier molecular flexibility index (Phi) is 8.65. The molecule has 11 nitrogen and oxygen atoms in total. The van der Waals surface area contributed by atoms with Crippen LogP contribution in [0.5, 0.6) is 11.5 Å². The molecule has 3 heterocycles. The molecule has 5 rings (SSSR count). The van der Waals surface area contributed by atoms with Crippen LogP contribution in [0.4, 0.5) is 4.79 Å². The number of alkyl carbamates (subject to hydrolysis) is 1. The lowest BCUT2D eigenvalue weighted by Gasteiger charge is -2.34. The van der Waals surface area contributed by atoms with E-state index in [0.29, 0.717) is 28.8 Å². The average Bonchev–Trinajstić information content (AvgIpc) is 3.38. The number of aromatic nitrogens is 1. The lowest BCUT2D eigenvalue weighted by Crippen LogP contribution is -2.55. The summed E-state index contributed by atoms with van der Waals surface area (Å²) in [5, 5.41) is 13.6. The highest BCUT2D eigenvalue weighted by molar-refractivity contribution is 5.90. The number of aromatic amines is 1. The maximum atomic E-state index is 14.0. The molecule has 1 aromatic carbocycles. The summed E-state index contributed by atoms with van der Waals surface area (Å²) in [6.45, 7) is 4.24. The number of amides is 2. The highest BCUT2D eigenvalue weighted by atomic mass is 16.5. The zero-order valence-electron chi connectivity index (χ0n) is 24.6. The molecule has 1 aromatic heterocycles. The molecule has 1 saturated heterocycles. The number of pyridine rings is 1. The summed E-state index contributed by atoms with van der Waals surface area (Å²) < 4.78 is 17.6. The fraction of sp³-hybridized carbons (Fsp3) is 0.613. The molecular formula is C31H41N3O8. The number of aliphatic carboxylic acids is 1. The summed E-state index contributed by atoms with van der Waals surface area (Å²) >= 11 is 0. The Bertz CT molecular complexity index is 1400. The van der Waals surface area contributed by atoms with Crippen molar-refractivity contribution in [2.24, 2.45) is 11.3 Å². The Balaban J connectivity index is 1.54. The van der Waals surface area contributed by atoms with E-state index in [9.17, 15) is 24.3 Å². The Labute approximate surface area is 244 Å². The van der Waals surface area contributed by atoms with E-state index in [-0.39, 0.29) is 36.5 Å². The summed E-state index contributed by atoms with van der Waals surface area (Å²) in [7, 11) is 1.58. The van der Waals surface area contributed by atoms with E-state index in [1.54, 1.807) is 13.2 Å². The molecule has 0 unspecified atom stereocenters. The van der Waals surface area contributed by atoms with Crippen molar-refractivity contribution in [3.63, 3.8) is 0 Å². The molecule has 1 aliphatic carbocycles. The number of methoxy groups -OCH3 is 1. The topological polar surface area (TPSA) is 147 Å². The summed E-state index contributed by atoms with van der Waals surface area (Å²) in [6.07, 6.45) is 5.41. The summed E-state index contributed by atoms with van der Waals surface area (Å²) in [4.78, 5) is 56.1. The second-order valence-electron chi connectivity index (χ2n) is 12.6. The highest BCUT2D eigenvalue weighted by Crippen LogP contribution is 2.35. The molecule has 3 N–H and O–H groups in total. The molecule has 3 atom stereocenters. The van der Waals surface area contributed by atoms with Gasteiger partial charge in [0.15, 0.2) is 0 Å². The number of hydrogen-bond donors (Lipinski definition) is 3. The molecule has 228 valence electrons. The highest BCUT2D eigenvalue weighted by Gasteiger charge is 2.45. The van der Waals surface area contributed by atoms with Crippen LogP contribution in [0.25, 0.3) is 10.9 Å². The van der Waals surface area contributed by atoms with Crippen LogP contribution in [0, 0.1) is 11.3 Å². The zero-order chi connectivity index (χ0) is 30.0. The van der Waals surface area contributed by atoms with Crippen LogP contribution in [-0.4, -0.2) is 71.4 Å². The molecule has 0 radical (unpaired) electrons. The zero-order valence-corrected chi connectivity index (χ0v) is 24.6. The molecular weight excluding hydrogens is 542 g/mol. The van der Waals surface area contributed by atoms with Crippen LogP contribution in [0.3, 0.4) is 0 Å². The lowest BCUT2D eigenvalue weighted by molar-refractivity contribution is -0.149. The number of carboxylic acid groups (broad SMARTS) is 1. The number of hydrogen-bond acceptors (Lipinski definition) is 7. The van der Waals surface area contributed by atoms with Crippen molar-refractivity contribution in [2.75, 3.05) is 20.3 Å². The number of ether oxygens (including phenoxy) is 3. The minimum Gasteiger partial charge on any atom is -0.496 e. The van der Waals surface area contributed by atoms with Gasteiger partial charge in [0.05, 0.1) is 25.8 Å². The number of rotatable bonds is 3. The molecule has 2 aromatic rings. The first-order valence-electron chi connectivity index (χ1n) is 14.9. The molecule has 42 heavy (non-hydrogen) atoms. The van der Waals surface area contributed by atoms with Gasteiger partial charge in [-0.2, -0.15) is 0 Å². The van der Waals surface area contributed by atoms with Gasteiger partial charge in [0, 0.05) is 23.9 Å². The minimum absolute atomic E-state index is 0.0140. The van der Waals surface area contributed by atoms with Gasteiger partial charge < -0.3 is 34.5 Å². The predicted octanol–water partition coefficient (Wildman–Crippen LogP) is 4.01. The van der Waals surface area contributed by atoms with Crippen LogP contribution in [0.1, 0.15) is 70.8 Å². The van der Waals surface area contributed by atoms with Crippen molar-refractivity contribution in [2.45, 2.75) is 89.8 Å². The van der Waals surface area contributed by atoms with Crippen molar-refractivity contribution in [1.82, 2.24) is 15.2 Å². The van der Waals surface area contributed by atoms with E-state index >= 15 is 0 Å². The van der Waals surface area contributed by atoms with Gasteiger partial charge in [-0.1, -0.05) is 33.1 Å². The van der Waals surface area contributed by atoms with Gasteiger partial charge in [0.2, 0.25) is 5.91 Å². The molecule has 1 saturated carbocycles. The normalized spacial score (nSPS) is 25.7. The monoisotopic (exact) mass is 583 g/mol. The number of nitrogens with zero attached hydrogens (tertiary/aromatic N) is 1. The Morgan fingerprint density at radius 2 is 1.86 bits per heavy atom. The first-order chi connectivity index (χ1) is 20.0. The smallest absolute Gasteiger partial charge is 0.407 e. The fourth-order valence-corrected chi connectivity index (χ4v) is 6.61. The first kappa shape index (κ1) is 29.7. The van der Waals surface area contributed by atoms with Crippen LogP contribution in [0.15, 0.2) is 23.0 Å². The van der Waals surface area contributed by atoms with Crippen molar-refractivity contribution in [3.8, 4) is 11.5 Å². The summed E-state index contributed by atoms with van der Waals surface area (Å²) in [5.74, 6) is -0.740. The van der Waals surface area contributed by atoms with E-state index < -0.39 is 36.2 Å². The third-order valence-electron chi connectivity index (χ3n) is 8.88. The van der Waals surface area contributed by atoms with Gasteiger partial charge in [-0.25, -0.2) is 9.59 Å². The SMILES string of the molecule is COc1cc2[nH]c(=O)cc3c2cc1CCCC(C)(C)COC(=O)N[C@@H](C1CCCCC1)C(=O)N1C[C@H](C[C@H]1C(=O)O)O3. The number of carbonyl (C=O) groups excluding carboxylic acids is 2. The maximum Gasteiger partial charge on any atom is 0.407 e. The number of carbonyl (C=O) groups is 3. The molecule has 2 fully saturated rings. The van der Waals surface area contributed by atoms with Crippen LogP contribution in [-0.2, 0) is 20.7 Å². The number of nitrogens with one attached hydrogen (secondary N) is 2. The van der Waals surface area contributed by atoms with Crippen LogP contribution < -0.4 is 20.3 Å². The van der Waals surface area contributed by atoms with E-state index in [1.165, 1.54) is 11.0 Å². The first-order valence-corrected chi connectivity index (χ1v) is 14.9. The fourth-order valence-electron chi connectivity index (χ4n) is 6.61. The molecule has 11 heteroatoms. The number of fused-ring (bicyclic) bond motifs is 3. The summed E-state index contributed by atoms with van der Waals surface area (Å²) in [5.41, 5.74) is 0.784. The van der Waals surface area contributed by atoms with Gasteiger partial charge in [-0.05, 0) is 55.1 Å². The number of aryl methyl sites for hydroxylation is 1. The standard InChI is InChI=1S/C31H41N3O8/c1-31(2)11-7-10-19-12-21-22(14-24(19)40-3)32-26(35)15-25(21)42-20-13-23(29(37)38)34(16-20)28(36)27(33-30(39)41-17-31)18-8-5-4-6-9-18/h12,14-15,18,20,23,27H,4-11,13,16-17H2,1-3H3,(H,32,35)(H,33,39)(H,37,38)/t20-,23-,27-/m0/s1. The van der Waals surface area contributed by atoms with Crippen molar-refractivity contribution in [3.05, 3.63) is 34.1 Å². The second-order valence-corrected chi connectivity index (χ2v) is 12.6. The van der Waals surface area contributed by atoms with Gasteiger partial charge >= 0.3 is 12.1 Å². The third-order valence-corrected chi connectivity index (χ3v) is 8.88. The largest absolute Gasteiger partial charge is 0.496 e. The van der Waals surface area contributed by atoms with Crippen LogP contribution in [0.2, 0.25) is 0 Å². The van der Waals surface area contributed by atoms with Gasteiger partial charge in [-0.3, -0.25) is 9.59 Å². The van der Waals surface area contributed by atoms with Crippen molar-refractivity contribution < 1.29 is 33.7 Å². The van der Waals surface area contributed by atoms with Gasteiger partial charge in [-0.15, -0.1) is 0 Å². The quantitative estimate of drug-likeness (QED) is 0.491. The second kappa shape index (κ2) is 12.2. The predicted molar refractivity (Wildman–Crippen MR) is 155 cm³/mol. The van der Waals surface area contributed by atoms with Crippen molar-refractivity contribution in [1.29, 1.82) is 0 Å². The average molecular weight is 584 g/mol. The number of benzene rings is 1. The number of cyclic esters (lactones) is 1. The number of carboxylic acids is 1. The molecule has 2 amide bonds. The van der Waals surface area contributed by atoms with Gasteiger partial charge in [0.1, 0.15) is 29.7 Å². The van der Waals surface area contributed by atoms with Crippen molar-refractivity contribution >= 4 is 28.9 Å². The van der Waals surface area contributed by atoms with E-state index in [2.05, 4.69) is 10.3 Å². The Morgan fingerprint density at radius 3 is 2.57 bits per heavy atom. The summed E-state index contributed by atoms with van der Waals surface area (Å²) in [6, 6.07) is 3.05. The Hall–Kier alpha value is -3.76. The van der Waals surface area contributed by atoms with E-state index in [1.807, 2.05) is 19.9 Å². The Morgan fingerprint density at radius 1 is 1.10 bits per heavy atom. The minimum atomic E-state index is -1.14. The molecule has 4 bridgehead atoms. The third kappa shape index (κ3) is 6.50.